The first-order valence-corrected chi connectivity index (χ1v) is 8.70. The molecular weight excluding hydrogens is 368 g/mol. The van der Waals surface area contributed by atoms with Gasteiger partial charge in [-0.15, -0.1) is 0 Å². The van der Waals surface area contributed by atoms with E-state index in [-0.39, 0.29) is 11.3 Å². The molecule has 3 rings (SSSR count). The Labute approximate surface area is 161 Å². The molecule has 0 aliphatic carbocycles. The molecule has 2 aromatic rings. The van der Waals surface area contributed by atoms with Crippen LogP contribution >= 0.6 is 11.6 Å². The van der Waals surface area contributed by atoms with Crippen molar-refractivity contribution in [2.24, 2.45) is 4.99 Å². The average Bonchev–Trinajstić information content (AvgIpc) is 2.99. The molecule has 2 heterocycles. The number of halogens is 1. The number of carbonyl (C=O) groups excluding carboxylic acids is 2. The Morgan fingerprint density at radius 2 is 1.93 bits per heavy atom. The van der Waals surface area contributed by atoms with Crippen LogP contribution in [0.15, 0.2) is 41.5 Å². The fourth-order valence-electron chi connectivity index (χ4n) is 2.85. The maximum absolute atomic E-state index is 13.2. The first-order valence-electron chi connectivity index (χ1n) is 8.32. The lowest BCUT2D eigenvalue weighted by atomic mass is 9.91. The molecule has 1 atom stereocenters. The summed E-state index contributed by atoms with van der Waals surface area (Å²) in [6.45, 7) is 5.28. The number of benzene rings is 1. The van der Waals surface area contributed by atoms with Crippen molar-refractivity contribution in [2.45, 2.75) is 31.9 Å². The minimum Gasteiger partial charge on any atom is -0.465 e. The highest BCUT2D eigenvalue weighted by molar-refractivity contribution is 6.30. The zero-order valence-corrected chi connectivity index (χ0v) is 16.2. The quantitative estimate of drug-likeness (QED) is 0.755. The second kappa shape index (κ2) is 6.78. The van der Waals surface area contributed by atoms with Crippen molar-refractivity contribution in [3.8, 4) is 0 Å². The van der Waals surface area contributed by atoms with Gasteiger partial charge >= 0.3 is 11.9 Å². The monoisotopic (exact) mass is 386 g/mol. The second-order valence-corrected chi connectivity index (χ2v) is 7.56. The molecule has 0 radical (unpaired) electrons. The van der Waals surface area contributed by atoms with Gasteiger partial charge in [-0.05, 0) is 57.2 Å². The number of pyridine rings is 1. The second-order valence-electron chi connectivity index (χ2n) is 7.12. The Morgan fingerprint density at radius 1 is 1.19 bits per heavy atom. The molecule has 7 heteroatoms. The van der Waals surface area contributed by atoms with Gasteiger partial charge in [-0.25, -0.2) is 9.59 Å². The number of rotatable bonds is 3. The first-order chi connectivity index (χ1) is 12.7. The lowest BCUT2D eigenvalue weighted by Gasteiger charge is -2.28. The van der Waals surface area contributed by atoms with Crippen LogP contribution in [0.1, 0.15) is 36.8 Å². The Balaban J connectivity index is 2.29. The van der Waals surface area contributed by atoms with Crippen molar-refractivity contribution in [2.75, 3.05) is 7.11 Å². The molecule has 0 saturated carbocycles. The molecule has 1 aliphatic rings. The minimum atomic E-state index is -1.61. The summed E-state index contributed by atoms with van der Waals surface area (Å²) in [5, 5.41) is 1.73. The molecule has 0 N–H and O–H groups in total. The summed E-state index contributed by atoms with van der Waals surface area (Å²) >= 11 is 6.09. The smallest absolute Gasteiger partial charge is 0.344 e. The average molecular weight is 387 g/mol. The van der Waals surface area contributed by atoms with Gasteiger partial charge in [0.05, 0.1) is 23.7 Å². The summed E-state index contributed by atoms with van der Waals surface area (Å²) in [5.41, 5.74) is -2.06. The van der Waals surface area contributed by atoms with Crippen LogP contribution in [0, 0.1) is 0 Å². The van der Waals surface area contributed by atoms with Crippen LogP contribution in [0.4, 0.5) is 0 Å². The summed E-state index contributed by atoms with van der Waals surface area (Å²) in [7, 11) is 1.27. The summed E-state index contributed by atoms with van der Waals surface area (Å²) in [4.78, 5) is 34.4. The van der Waals surface area contributed by atoms with Crippen molar-refractivity contribution >= 4 is 29.6 Å². The molecule has 0 fully saturated rings. The highest BCUT2D eigenvalue weighted by Crippen LogP contribution is 2.33. The Kier molecular flexibility index (Phi) is 4.78. The fraction of sp³-hybridized carbons (Fsp3) is 0.300. The fourth-order valence-corrected chi connectivity index (χ4v) is 3.03. The number of fused-ring (bicyclic) bond motifs is 1. The highest BCUT2D eigenvalue weighted by Gasteiger charge is 2.47. The van der Waals surface area contributed by atoms with Crippen molar-refractivity contribution in [3.05, 3.63) is 63.4 Å². The van der Waals surface area contributed by atoms with E-state index in [1.165, 1.54) is 13.3 Å². The van der Waals surface area contributed by atoms with Crippen molar-refractivity contribution in [1.29, 1.82) is 0 Å². The molecule has 0 bridgehead atoms. The van der Waals surface area contributed by atoms with Crippen LogP contribution in [0.5, 0.6) is 0 Å². The Bertz CT molecular complexity index is 1040. The topological polar surface area (TPSA) is 77.8 Å². The lowest BCUT2D eigenvalue weighted by Crippen LogP contribution is -2.39. The van der Waals surface area contributed by atoms with E-state index in [0.29, 0.717) is 15.6 Å². The zero-order chi connectivity index (χ0) is 19.8. The number of esters is 2. The normalized spacial score (nSPS) is 18.1. The van der Waals surface area contributed by atoms with Gasteiger partial charge in [0.25, 0.3) is 0 Å². The molecule has 0 spiro atoms. The molecule has 0 amide bonds. The Morgan fingerprint density at radius 3 is 2.59 bits per heavy atom. The maximum Gasteiger partial charge on any atom is 0.344 e. The van der Waals surface area contributed by atoms with Gasteiger partial charge in [0.15, 0.2) is 0 Å². The molecular formula is C20H19ClN2O4. The van der Waals surface area contributed by atoms with E-state index in [1.54, 1.807) is 57.2 Å². The molecule has 1 aliphatic heterocycles. The summed E-state index contributed by atoms with van der Waals surface area (Å²) < 4.78 is 10.5. The lowest BCUT2D eigenvalue weighted by molar-refractivity contribution is -0.159. The molecule has 1 unspecified atom stereocenters. The van der Waals surface area contributed by atoms with Gasteiger partial charge in [-0.3, -0.25) is 9.98 Å². The van der Waals surface area contributed by atoms with Crippen LogP contribution in [-0.2, 0) is 19.8 Å². The van der Waals surface area contributed by atoms with Gasteiger partial charge < -0.3 is 9.47 Å². The Hall–Kier alpha value is -2.73. The highest BCUT2D eigenvalue weighted by atomic mass is 35.5. The van der Waals surface area contributed by atoms with E-state index < -0.39 is 23.1 Å². The molecule has 27 heavy (non-hydrogen) atoms. The summed E-state index contributed by atoms with van der Waals surface area (Å²) in [6, 6.07) is 8.23. The van der Waals surface area contributed by atoms with Gasteiger partial charge in [-0.1, -0.05) is 11.6 Å². The van der Waals surface area contributed by atoms with Gasteiger partial charge in [0.1, 0.15) is 5.60 Å². The SMILES string of the molecule is COC(=O)c1cccnc1C1(C(=O)OC(C)(C)C)C=c2cc(Cl)ccc2=N1. The van der Waals surface area contributed by atoms with Crippen LogP contribution in [0.3, 0.4) is 0 Å². The first kappa shape index (κ1) is 19.0. The summed E-state index contributed by atoms with van der Waals surface area (Å²) in [6.07, 6.45) is 3.12. The van der Waals surface area contributed by atoms with Crippen molar-refractivity contribution < 1.29 is 19.1 Å². The standard InChI is InChI=1S/C20H19ClN2O4/c1-19(2,3)27-18(25)20(11-12-10-13(21)7-8-15(12)23-20)16-14(17(24)26-4)6-5-9-22-16/h5-11H,1-4H3. The van der Waals surface area contributed by atoms with E-state index >= 15 is 0 Å². The number of hydrogen-bond donors (Lipinski definition) is 0. The van der Waals surface area contributed by atoms with E-state index in [1.807, 2.05) is 0 Å². The molecule has 6 nitrogen and oxygen atoms in total. The number of ether oxygens (including phenoxy) is 2. The van der Waals surface area contributed by atoms with Crippen LogP contribution in [-0.4, -0.2) is 29.6 Å². The van der Waals surface area contributed by atoms with E-state index in [2.05, 4.69) is 9.98 Å². The maximum atomic E-state index is 13.2. The van der Waals surface area contributed by atoms with Crippen LogP contribution in [0.2, 0.25) is 5.02 Å². The predicted molar refractivity (Wildman–Crippen MR) is 99.8 cm³/mol. The molecule has 140 valence electrons. The number of aromatic nitrogens is 1. The molecule has 1 aromatic heterocycles. The van der Waals surface area contributed by atoms with Crippen LogP contribution < -0.4 is 10.6 Å². The molecule has 0 saturated heterocycles. The largest absolute Gasteiger partial charge is 0.465 e. The predicted octanol–water partition coefficient (Wildman–Crippen LogP) is 2.17. The van der Waals surface area contributed by atoms with Gasteiger partial charge in [0, 0.05) is 16.4 Å². The number of carbonyl (C=O) groups is 2. The van der Waals surface area contributed by atoms with Crippen LogP contribution in [0.25, 0.3) is 6.08 Å². The number of hydrogen-bond acceptors (Lipinski definition) is 6. The third kappa shape index (κ3) is 3.57. The van der Waals surface area contributed by atoms with E-state index in [0.717, 1.165) is 0 Å². The minimum absolute atomic E-state index is 0.143. The number of nitrogens with zero attached hydrogens (tertiary/aromatic N) is 2. The van der Waals surface area contributed by atoms with Gasteiger partial charge in [0.2, 0.25) is 5.54 Å². The van der Waals surface area contributed by atoms with Crippen molar-refractivity contribution in [1.82, 2.24) is 4.98 Å². The number of methoxy groups -OCH3 is 1. The third-order valence-corrected chi connectivity index (χ3v) is 4.17. The zero-order valence-electron chi connectivity index (χ0n) is 15.4. The summed E-state index contributed by atoms with van der Waals surface area (Å²) in [5.74, 6) is -1.25. The van der Waals surface area contributed by atoms with E-state index in [9.17, 15) is 9.59 Å². The van der Waals surface area contributed by atoms with E-state index in [4.69, 9.17) is 21.1 Å². The van der Waals surface area contributed by atoms with Gasteiger partial charge in [-0.2, -0.15) is 0 Å². The molecule has 1 aromatic carbocycles. The van der Waals surface area contributed by atoms with Crippen molar-refractivity contribution in [3.63, 3.8) is 0 Å². The third-order valence-electron chi connectivity index (χ3n) is 3.93.